The van der Waals surface area contributed by atoms with E-state index in [1.165, 1.54) is 0 Å². The van der Waals surface area contributed by atoms with E-state index in [1.807, 2.05) is 20.9 Å². The lowest BCUT2D eigenvalue weighted by Gasteiger charge is -2.22. The second-order valence-corrected chi connectivity index (χ2v) is 7.35. The Labute approximate surface area is 148 Å². The number of amides is 2. The number of carbonyl (C=O) groups excluding carboxylic acids is 2. The van der Waals surface area contributed by atoms with Crippen molar-refractivity contribution in [2.75, 3.05) is 13.6 Å². The summed E-state index contributed by atoms with van der Waals surface area (Å²) in [6.45, 7) is 4.66. The van der Waals surface area contributed by atoms with Crippen LogP contribution in [0.2, 0.25) is 5.02 Å². The van der Waals surface area contributed by atoms with Gasteiger partial charge in [0.25, 0.3) is 5.91 Å². The second kappa shape index (κ2) is 7.99. The van der Waals surface area contributed by atoms with Crippen molar-refractivity contribution in [1.29, 1.82) is 0 Å². The van der Waals surface area contributed by atoms with Crippen LogP contribution in [0.15, 0.2) is 24.3 Å². The molecule has 0 aromatic heterocycles. The van der Waals surface area contributed by atoms with Crippen LogP contribution in [0.25, 0.3) is 0 Å². The van der Waals surface area contributed by atoms with Gasteiger partial charge in [0.2, 0.25) is 5.91 Å². The minimum atomic E-state index is -0.541. The van der Waals surface area contributed by atoms with E-state index in [0.717, 1.165) is 12.8 Å². The van der Waals surface area contributed by atoms with Gasteiger partial charge in [0, 0.05) is 22.7 Å². The Morgan fingerprint density at radius 3 is 2.33 bits per heavy atom. The smallest absolute Gasteiger partial charge is 0.251 e. The number of nitrogens with one attached hydrogen (secondary N) is 3. The molecule has 1 unspecified atom stereocenters. The predicted octanol–water partition coefficient (Wildman–Crippen LogP) is 2.35. The van der Waals surface area contributed by atoms with Crippen LogP contribution < -0.4 is 16.0 Å². The van der Waals surface area contributed by atoms with Gasteiger partial charge < -0.3 is 16.0 Å². The number of halogens is 1. The van der Waals surface area contributed by atoms with E-state index in [1.54, 1.807) is 24.3 Å². The lowest BCUT2D eigenvalue weighted by molar-refractivity contribution is -0.123. The molecular weight excluding hydrogens is 326 g/mol. The minimum absolute atomic E-state index is 0.0399. The molecule has 2 rings (SSSR count). The second-order valence-electron chi connectivity index (χ2n) is 6.91. The van der Waals surface area contributed by atoms with Gasteiger partial charge in [-0.05, 0) is 56.5 Å². The van der Waals surface area contributed by atoms with E-state index in [0.29, 0.717) is 29.5 Å². The van der Waals surface area contributed by atoms with Crippen molar-refractivity contribution < 1.29 is 9.59 Å². The van der Waals surface area contributed by atoms with Gasteiger partial charge in [0.15, 0.2) is 0 Å². The number of benzene rings is 1. The molecule has 0 bridgehead atoms. The number of carbonyl (C=O) groups is 2. The summed E-state index contributed by atoms with van der Waals surface area (Å²) in [6.07, 6.45) is 2.73. The van der Waals surface area contributed by atoms with Crippen LogP contribution in [0, 0.1) is 5.92 Å². The van der Waals surface area contributed by atoms with Crippen LogP contribution in [-0.2, 0) is 4.79 Å². The molecule has 1 saturated carbocycles. The molecule has 2 amide bonds. The van der Waals surface area contributed by atoms with Gasteiger partial charge in [-0.1, -0.05) is 25.4 Å². The first-order valence-corrected chi connectivity index (χ1v) is 8.76. The third-order valence-electron chi connectivity index (χ3n) is 4.42. The van der Waals surface area contributed by atoms with Crippen LogP contribution in [0.1, 0.15) is 43.5 Å². The summed E-state index contributed by atoms with van der Waals surface area (Å²) in [5.74, 6) is -0.0970. The van der Waals surface area contributed by atoms with Crippen LogP contribution in [0.4, 0.5) is 0 Å². The zero-order valence-electron chi connectivity index (χ0n) is 14.5. The predicted molar refractivity (Wildman–Crippen MR) is 96.2 cm³/mol. The summed E-state index contributed by atoms with van der Waals surface area (Å²) in [4.78, 5) is 24.9. The Balaban J connectivity index is 1.97. The first kappa shape index (κ1) is 18.7. The number of hydrogen-bond acceptors (Lipinski definition) is 3. The Morgan fingerprint density at radius 2 is 1.83 bits per heavy atom. The number of likely N-dealkylation sites (N-methyl/N-ethyl adjacent to an activating group) is 1. The molecule has 0 radical (unpaired) electrons. The molecule has 1 aliphatic rings. The highest BCUT2D eigenvalue weighted by Crippen LogP contribution is 2.33. The fourth-order valence-electron chi connectivity index (χ4n) is 2.59. The van der Waals surface area contributed by atoms with Gasteiger partial charge in [-0.2, -0.15) is 0 Å². The maximum atomic E-state index is 12.5. The molecule has 0 heterocycles. The molecular formula is C18H26ClN3O2. The van der Waals surface area contributed by atoms with Gasteiger partial charge in [-0.3, -0.25) is 9.59 Å². The standard InChI is InChI=1S/C18H26ClN3O2/c1-12(2)10-15(17(24)21-11-18(20-3)8-9-18)22-16(23)13-4-6-14(19)7-5-13/h4-7,12,15,20H,8-11H2,1-3H3,(H,21,24)(H,22,23). The lowest BCUT2D eigenvalue weighted by Crippen LogP contribution is -2.50. The highest BCUT2D eigenvalue weighted by molar-refractivity contribution is 6.30. The van der Waals surface area contributed by atoms with Crippen molar-refractivity contribution in [2.24, 2.45) is 5.92 Å². The van der Waals surface area contributed by atoms with E-state index >= 15 is 0 Å². The molecule has 132 valence electrons. The average Bonchev–Trinajstić information content (AvgIpc) is 3.32. The summed E-state index contributed by atoms with van der Waals surface area (Å²) >= 11 is 5.84. The van der Waals surface area contributed by atoms with Crippen molar-refractivity contribution in [3.8, 4) is 0 Å². The third-order valence-corrected chi connectivity index (χ3v) is 4.67. The Hall–Kier alpha value is -1.59. The van der Waals surface area contributed by atoms with Crippen molar-refractivity contribution >= 4 is 23.4 Å². The van der Waals surface area contributed by atoms with Gasteiger partial charge in [-0.15, -0.1) is 0 Å². The van der Waals surface area contributed by atoms with Crippen molar-refractivity contribution in [3.05, 3.63) is 34.9 Å². The Bertz CT molecular complexity index is 582. The van der Waals surface area contributed by atoms with Gasteiger partial charge in [0.05, 0.1) is 0 Å². The Kier molecular flexibility index (Phi) is 6.24. The SMILES string of the molecule is CNC1(CNC(=O)C(CC(C)C)NC(=O)c2ccc(Cl)cc2)CC1. The summed E-state index contributed by atoms with van der Waals surface area (Å²) < 4.78 is 0. The van der Waals surface area contributed by atoms with Gasteiger partial charge in [-0.25, -0.2) is 0 Å². The topological polar surface area (TPSA) is 70.2 Å². The van der Waals surface area contributed by atoms with E-state index < -0.39 is 6.04 Å². The Morgan fingerprint density at radius 1 is 1.21 bits per heavy atom. The molecule has 5 nitrogen and oxygen atoms in total. The monoisotopic (exact) mass is 351 g/mol. The zero-order valence-corrected chi connectivity index (χ0v) is 15.2. The summed E-state index contributed by atoms with van der Waals surface area (Å²) in [7, 11) is 1.91. The normalized spacial score (nSPS) is 16.5. The van der Waals surface area contributed by atoms with E-state index in [4.69, 9.17) is 11.6 Å². The zero-order chi connectivity index (χ0) is 17.7. The molecule has 0 spiro atoms. The number of hydrogen-bond donors (Lipinski definition) is 3. The first-order valence-electron chi connectivity index (χ1n) is 8.38. The number of rotatable bonds is 8. The highest BCUT2D eigenvalue weighted by atomic mass is 35.5. The molecule has 24 heavy (non-hydrogen) atoms. The van der Waals surface area contributed by atoms with Crippen molar-refractivity contribution in [1.82, 2.24) is 16.0 Å². The maximum absolute atomic E-state index is 12.5. The largest absolute Gasteiger partial charge is 0.352 e. The quantitative estimate of drug-likeness (QED) is 0.673. The van der Waals surface area contributed by atoms with Crippen LogP contribution >= 0.6 is 11.6 Å². The summed E-state index contributed by atoms with van der Waals surface area (Å²) in [5.41, 5.74) is 0.535. The molecule has 1 atom stereocenters. The van der Waals surface area contributed by atoms with E-state index in [9.17, 15) is 9.59 Å². The molecule has 1 aliphatic carbocycles. The molecule has 0 saturated heterocycles. The van der Waals surface area contributed by atoms with Crippen LogP contribution in [-0.4, -0.2) is 37.0 Å². The minimum Gasteiger partial charge on any atom is -0.352 e. The third kappa shape index (κ3) is 5.21. The lowest BCUT2D eigenvalue weighted by atomic mass is 10.0. The first-order chi connectivity index (χ1) is 11.3. The molecule has 1 aromatic rings. The molecule has 1 fully saturated rings. The fourth-order valence-corrected chi connectivity index (χ4v) is 2.72. The van der Waals surface area contributed by atoms with E-state index in [2.05, 4.69) is 16.0 Å². The van der Waals surface area contributed by atoms with Gasteiger partial charge >= 0.3 is 0 Å². The molecule has 0 aliphatic heterocycles. The average molecular weight is 352 g/mol. The molecule has 3 N–H and O–H groups in total. The maximum Gasteiger partial charge on any atom is 0.251 e. The fraction of sp³-hybridized carbons (Fsp3) is 0.556. The highest BCUT2D eigenvalue weighted by Gasteiger charge is 2.41. The molecule has 6 heteroatoms. The van der Waals surface area contributed by atoms with Crippen molar-refractivity contribution in [2.45, 2.75) is 44.7 Å². The van der Waals surface area contributed by atoms with Crippen LogP contribution in [0.5, 0.6) is 0 Å². The summed E-state index contributed by atoms with van der Waals surface area (Å²) in [5, 5.41) is 9.63. The molecule has 1 aromatic carbocycles. The van der Waals surface area contributed by atoms with Gasteiger partial charge in [0.1, 0.15) is 6.04 Å². The van der Waals surface area contributed by atoms with Crippen LogP contribution in [0.3, 0.4) is 0 Å². The van der Waals surface area contributed by atoms with Crippen molar-refractivity contribution in [3.63, 3.8) is 0 Å². The summed E-state index contributed by atoms with van der Waals surface area (Å²) in [6, 6.07) is 6.10. The van der Waals surface area contributed by atoms with E-state index in [-0.39, 0.29) is 17.4 Å².